The highest BCUT2D eigenvalue weighted by molar-refractivity contribution is 6.31. The maximum atomic E-state index is 13.0. The van der Waals surface area contributed by atoms with Crippen LogP contribution in [0.3, 0.4) is 0 Å². The third-order valence-corrected chi connectivity index (χ3v) is 2.39. The molecule has 1 aromatic carbocycles. The Balaban J connectivity index is 2.07. The predicted molar refractivity (Wildman–Crippen MR) is 62.0 cm³/mol. The van der Waals surface area contributed by atoms with E-state index in [1.165, 1.54) is 18.2 Å². The number of hydrogen-bond acceptors (Lipinski definition) is 5. The summed E-state index contributed by atoms with van der Waals surface area (Å²) >= 11 is 5.64. The largest absolute Gasteiger partial charge is 0.480 e. The Labute approximate surface area is 111 Å². The lowest BCUT2D eigenvalue weighted by Gasteiger charge is -1.96. The number of halogens is 2. The molecule has 100 valence electrons. The van der Waals surface area contributed by atoms with Crippen LogP contribution in [0, 0.1) is 5.82 Å². The van der Waals surface area contributed by atoms with Gasteiger partial charge in [-0.3, -0.25) is 0 Å². The summed E-state index contributed by atoms with van der Waals surface area (Å²) in [5.41, 5.74) is 0.486. The van der Waals surface area contributed by atoms with Crippen molar-refractivity contribution in [2.45, 2.75) is 6.61 Å². The Hall–Kier alpha value is -1.99. The van der Waals surface area contributed by atoms with E-state index in [-0.39, 0.29) is 23.3 Å². The van der Waals surface area contributed by atoms with Crippen molar-refractivity contribution < 1.29 is 23.6 Å². The number of hydrogen-bond donors (Lipinski definition) is 1. The van der Waals surface area contributed by atoms with E-state index in [4.69, 9.17) is 26.0 Å². The van der Waals surface area contributed by atoms with Gasteiger partial charge >= 0.3 is 5.97 Å². The van der Waals surface area contributed by atoms with Crippen LogP contribution in [0.4, 0.5) is 4.39 Å². The highest BCUT2D eigenvalue weighted by Crippen LogP contribution is 2.22. The van der Waals surface area contributed by atoms with Gasteiger partial charge in [0.2, 0.25) is 5.82 Å². The van der Waals surface area contributed by atoms with Crippen LogP contribution in [0.1, 0.15) is 5.89 Å². The molecule has 2 aromatic rings. The molecule has 0 saturated carbocycles. The van der Waals surface area contributed by atoms with Gasteiger partial charge in [0.15, 0.2) is 0 Å². The summed E-state index contributed by atoms with van der Waals surface area (Å²) in [6.45, 7) is -0.575. The Morgan fingerprint density at radius 3 is 3.00 bits per heavy atom. The van der Waals surface area contributed by atoms with Crippen LogP contribution in [-0.4, -0.2) is 27.8 Å². The lowest BCUT2D eigenvalue weighted by atomic mass is 10.2. The van der Waals surface area contributed by atoms with E-state index in [1.807, 2.05) is 0 Å². The van der Waals surface area contributed by atoms with E-state index >= 15 is 0 Å². The molecule has 1 aromatic heterocycles. The minimum absolute atomic E-state index is 0.0500. The minimum atomic E-state index is -1.09. The second kappa shape index (κ2) is 5.77. The number of benzene rings is 1. The summed E-state index contributed by atoms with van der Waals surface area (Å²) in [6.07, 6.45) is 0. The lowest BCUT2D eigenvalue weighted by molar-refractivity contribution is -0.142. The topological polar surface area (TPSA) is 85.5 Å². The number of carbonyl (C=O) groups is 1. The van der Waals surface area contributed by atoms with Crippen molar-refractivity contribution in [2.75, 3.05) is 6.61 Å². The van der Waals surface area contributed by atoms with Gasteiger partial charge in [0.25, 0.3) is 5.89 Å². The maximum absolute atomic E-state index is 13.0. The molecule has 0 atom stereocenters. The van der Waals surface area contributed by atoms with Gasteiger partial charge < -0.3 is 14.4 Å². The van der Waals surface area contributed by atoms with Crippen molar-refractivity contribution >= 4 is 17.6 Å². The summed E-state index contributed by atoms with van der Waals surface area (Å²) in [5, 5.41) is 12.0. The second-order valence-electron chi connectivity index (χ2n) is 3.53. The summed E-state index contributed by atoms with van der Waals surface area (Å²) in [4.78, 5) is 14.2. The molecule has 0 aliphatic heterocycles. The Kier molecular flexibility index (Phi) is 4.08. The fraction of sp³-hybridized carbons (Fsp3) is 0.182. The molecule has 0 fully saturated rings. The van der Waals surface area contributed by atoms with Gasteiger partial charge in [-0.15, -0.1) is 0 Å². The minimum Gasteiger partial charge on any atom is -0.480 e. The first-order chi connectivity index (χ1) is 9.06. The van der Waals surface area contributed by atoms with Gasteiger partial charge in [-0.1, -0.05) is 16.8 Å². The molecule has 1 N–H and O–H groups in total. The van der Waals surface area contributed by atoms with Gasteiger partial charge in [-0.25, -0.2) is 9.18 Å². The van der Waals surface area contributed by atoms with Crippen molar-refractivity contribution in [1.82, 2.24) is 10.1 Å². The molecule has 0 aliphatic carbocycles. The van der Waals surface area contributed by atoms with Crippen LogP contribution < -0.4 is 0 Å². The molecule has 2 rings (SSSR count). The van der Waals surface area contributed by atoms with E-state index in [1.54, 1.807) is 0 Å². The van der Waals surface area contributed by atoms with E-state index < -0.39 is 18.4 Å². The molecular formula is C11H8ClFN2O4. The molecule has 0 spiro atoms. The van der Waals surface area contributed by atoms with Gasteiger partial charge in [0.1, 0.15) is 19.0 Å². The first-order valence-electron chi connectivity index (χ1n) is 5.14. The van der Waals surface area contributed by atoms with Crippen LogP contribution in [-0.2, 0) is 16.1 Å². The van der Waals surface area contributed by atoms with Crippen molar-refractivity contribution in [3.8, 4) is 11.4 Å². The Bertz CT molecular complexity index is 602. The number of nitrogens with zero attached hydrogens (tertiary/aromatic N) is 2. The zero-order valence-electron chi connectivity index (χ0n) is 9.47. The number of carboxylic acids is 1. The standard InChI is InChI=1S/C11H8ClFN2O4/c12-7-3-6(1-2-8(7)13)11-14-9(19-15-11)4-18-5-10(16)17/h1-3H,4-5H2,(H,16,17). The van der Waals surface area contributed by atoms with Crippen LogP contribution in [0.15, 0.2) is 22.7 Å². The molecule has 0 radical (unpaired) electrons. The summed E-state index contributed by atoms with van der Waals surface area (Å²) in [5.74, 6) is -1.29. The molecule has 0 bridgehead atoms. The number of aromatic nitrogens is 2. The molecule has 0 saturated heterocycles. The van der Waals surface area contributed by atoms with Crippen molar-refractivity contribution in [2.24, 2.45) is 0 Å². The Morgan fingerprint density at radius 2 is 2.32 bits per heavy atom. The molecule has 0 amide bonds. The van der Waals surface area contributed by atoms with E-state index in [9.17, 15) is 9.18 Å². The smallest absolute Gasteiger partial charge is 0.329 e. The zero-order valence-corrected chi connectivity index (χ0v) is 10.2. The molecule has 8 heteroatoms. The average Bonchev–Trinajstić information content (AvgIpc) is 2.81. The fourth-order valence-electron chi connectivity index (χ4n) is 1.29. The monoisotopic (exact) mass is 286 g/mol. The van der Waals surface area contributed by atoms with Crippen LogP contribution in [0.2, 0.25) is 5.02 Å². The third-order valence-electron chi connectivity index (χ3n) is 2.10. The highest BCUT2D eigenvalue weighted by atomic mass is 35.5. The molecule has 0 aliphatic rings. The van der Waals surface area contributed by atoms with Crippen molar-refractivity contribution in [3.05, 3.63) is 34.9 Å². The molecule has 1 heterocycles. The lowest BCUT2D eigenvalue weighted by Crippen LogP contribution is -2.06. The fourth-order valence-corrected chi connectivity index (χ4v) is 1.47. The van der Waals surface area contributed by atoms with E-state index in [0.29, 0.717) is 5.56 Å². The van der Waals surface area contributed by atoms with Crippen LogP contribution in [0.25, 0.3) is 11.4 Å². The number of carboxylic acid groups (broad SMARTS) is 1. The SMILES string of the molecule is O=C(O)COCc1nc(-c2ccc(F)c(Cl)c2)no1. The summed E-state index contributed by atoms with van der Waals surface area (Å²) < 4.78 is 22.6. The molecule has 0 unspecified atom stereocenters. The third kappa shape index (κ3) is 3.49. The van der Waals surface area contributed by atoms with Gasteiger partial charge in [-0.2, -0.15) is 4.98 Å². The van der Waals surface area contributed by atoms with Crippen molar-refractivity contribution in [1.29, 1.82) is 0 Å². The van der Waals surface area contributed by atoms with Gasteiger partial charge in [-0.05, 0) is 18.2 Å². The van der Waals surface area contributed by atoms with E-state index in [2.05, 4.69) is 10.1 Å². The quantitative estimate of drug-likeness (QED) is 0.906. The van der Waals surface area contributed by atoms with Crippen molar-refractivity contribution in [3.63, 3.8) is 0 Å². The van der Waals surface area contributed by atoms with Crippen LogP contribution in [0.5, 0.6) is 0 Å². The number of ether oxygens (including phenoxy) is 1. The molecular weight excluding hydrogens is 279 g/mol. The second-order valence-corrected chi connectivity index (χ2v) is 3.93. The number of aliphatic carboxylic acids is 1. The van der Waals surface area contributed by atoms with Crippen LogP contribution >= 0.6 is 11.6 Å². The normalized spacial score (nSPS) is 10.6. The van der Waals surface area contributed by atoms with Gasteiger partial charge in [0, 0.05) is 5.56 Å². The Morgan fingerprint density at radius 1 is 1.53 bits per heavy atom. The maximum Gasteiger partial charge on any atom is 0.329 e. The molecule has 19 heavy (non-hydrogen) atoms. The number of rotatable bonds is 5. The zero-order chi connectivity index (χ0) is 13.8. The van der Waals surface area contributed by atoms with E-state index in [0.717, 1.165) is 0 Å². The highest BCUT2D eigenvalue weighted by Gasteiger charge is 2.11. The predicted octanol–water partition coefficient (Wildman–Crippen LogP) is 2.13. The first kappa shape index (κ1) is 13.4. The first-order valence-corrected chi connectivity index (χ1v) is 5.51. The summed E-state index contributed by atoms with van der Waals surface area (Å²) in [7, 11) is 0. The van der Waals surface area contributed by atoms with Gasteiger partial charge in [0.05, 0.1) is 5.02 Å². The average molecular weight is 287 g/mol. The molecule has 6 nitrogen and oxygen atoms in total. The summed E-state index contributed by atoms with van der Waals surface area (Å²) in [6, 6.07) is 4.01.